The maximum absolute atomic E-state index is 6.16. The van der Waals surface area contributed by atoms with Gasteiger partial charge in [0, 0.05) is 16.7 Å². The average molecular weight is 511 g/mol. The Kier molecular flexibility index (Phi) is 5.56. The first-order chi connectivity index (χ1) is 19.3. The average Bonchev–Trinajstić information content (AvgIpc) is 3.79. The second-order valence-corrected chi connectivity index (χ2v) is 8.56. The third-order valence-corrected chi connectivity index (χ3v) is 6.08. The zero-order chi connectivity index (χ0) is 26.0. The van der Waals surface area contributed by atoms with Crippen LogP contribution in [0.25, 0.3) is 68.7 Å². The van der Waals surface area contributed by atoms with Crippen molar-refractivity contribution in [3.8, 4) is 68.7 Å². The molecule has 0 fully saturated rings. The van der Waals surface area contributed by atoms with Crippen LogP contribution in [-0.2, 0) is 0 Å². The predicted molar refractivity (Wildman–Crippen MR) is 143 cm³/mol. The van der Waals surface area contributed by atoms with Gasteiger partial charge in [-0.3, -0.25) is 0 Å². The number of hydrogen-bond acceptors (Lipinski definition) is 9. The van der Waals surface area contributed by atoms with E-state index < -0.39 is 0 Å². The van der Waals surface area contributed by atoms with Gasteiger partial charge in [-0.1, -0.05) is 60.7 Å². The first-order valence-corrected chi connectivity index (χ1v) is 12.1. The number of benzene rings is 4. The quantitative estimate of drug-likeness (QED) is 0.237. The summed E-state index contributed by atoms with van der Waals surface area (Å²) in [7, 11) is 0. The molecule has 9 nitrogen and oxygen atoms in total. The van der Waals surface area contributed by atoms with Crippen molar-refractivity contribution in [1.82, 2.24) is 30.6 Å². The summed E-state index contributed by atoms with van der Waals surface area (Å²) in [6.07, 6.45) is 0. The smallest absolute Gasteiger partial charge is 0.249 e. The van der Waals surface area contributed by atoms with Crippen LogP contribution in [0.5, 0.6) is 0 Å². The van der Waals surface area contributed by atoms with E-state index in [0.717, 1.165) is 16.7 Å². The fraction of sp³-hybridized carbons (Fsp3) is 0. The Labute approximate surface area is 221 Å². The second kappa shape index (κ2) is 9.64. The summed E-state index contributed by atoms with van der Waals surface area (Å²) in [5.74, 6) is 1.97. The highest BCUT2D eigenvalue weighted by molar-refractivity contribution is 5.88. The summed E-state index contributed by atoms with van der Waals surface area (Å²) in [4.78, 5) is 0. The van der Waals surface area contributed by atoms with Crippen LogP contribution in [-0.4, -0.2) is 30.6 Å². The molecule has 0 radical (unpaired) electrons. The van der Waals surface area contributed by atoms with E-state index >= 15 is 0 Å². The Balaban J connectivity index is 1.39. The van der Waals surface area contributed by atoms with Crippen LogP contribution in [0, 0.1) is 0 Å². The van der Waals surface area contributed by atoms with E-state index in [0.29, 0.717) is 34.4 Å². The van der Waals surface area contributed by atoms with Crippen LogP contribution in [0.4, 0.5) is 0 Å². The summed E-state index contributed by atoms with van der Waals surface area (Å²) in [5.41, 5.74) is 4.13. The molecule has 0 saturated carbocycles. The molecule has 0 aliphatic heterocycles. The van der Waals surface area contributed by atoms with Gasteiger partial charge in [0.15, 0.2) is 0 Å². The lowest BCUT2D eigenvalue weighted by Gasteiger charge is -2.07. The van der Waals surface area contributed by atoms with Crippen LogP contribution in [0.15, 0.2) is 122 Å². The Morgan fingerprint density at radius 1 is 0.308 bits per heavy atom. The molecule has 4 aromatic carbocycles. The molecule has 7 aromatic rings. The van der Waals surface area contributed by atoms with Crippen molar-refractivity contribution in [3.05, 3.63) is 109 Å². The molecule has 9 heteroatoms. The van der Waals surface area contributed by atoms with E-state index in [9.17, 15) is 0 Å². The molecule has 0 aliphatic rings. The largest absolute Gasteiger partial charge is 0.416 e. The molecule has 0 saturated heterocycles. The molecule has 0 bridgehead atoms. The normalized spacial score (nSPS) is 11.1. The van der Waals surface area contributed by atoms with Crippen molar-refractivity contribution < 1.29 is 13.3 Å². The summed E-state index contributed by atoms with van der Waals surface area (Å²) >= 11 is 0. The molecule has 0 spiro atoms. The van der Waals surface area contributed by atoms with Gasteiger partial charge in [-0.05, 0) is 48.5 Å². The fourth-order valence-electron chi connectivity index (χ4n) is 4.22. The standard InChI is InChI=1S/C30H18N6O3/c1-4-11-19(12-5-1)25-31-34-28(37-25)22-17-10-18-23(29-35-32-26(38-29)20-13-6-2-7-14-20)24(22)30-36-33-27(39-30)21-15-8-3-9-16-21/h1-18H. The van der Waals surface area contributed by atoms with E-state index in [-0.39, 0.29) is 17.7 Å². The SMILES string of the molecule is c1ccc(-c2nnc(-c3cccc(-c4nnc(-c5ccccc5)o4)c3-c3nnc(-c4ccccc4)o3)o2)cc1. The minimum atomic E-state index is 0.248. The summed E-state index contributed by atoms with van der Waals surface area (Å²) in [6.45, 7) is 0. The third kappa shape index (κ3) is 4.27. The van der Waals surface area contributed by atoms with Gasteiger partial charge in [0.2, 0.25) is 35.3 Å². The van der Waals surface area contributed by atoms with Crippen LogP contribution >= 0.6 is 0 Å². The highest BCUT2D eigenvalue weighted by Crippen LogP contribution is 2.40. The van der Waals surface area contributed by atoms with Gasteiger partial charge in [-0.15, -0.1) is 30.6 Å². The predicted octanol–water partition coefficient (Wildman–Crippen LogP) is 6.84. The lowest BCUT2D eigenvalue weighted by molar-refractivity contribution is 0.573. The van der Waals surface area contributed by atoms with E-state index in [1.807, 2.05) is 109 Å². The number of hydrogen-bond donors (Lipinski definition) is 0. The van der Waals surface area contributed by atoms with Gasteiger partial charge >= 0.3 is 0 Å². The molecule has 0 aliphatic carbocycles. The molecule has 7 rings (SSSR count). The van der Waals surface area contributed by atoms with Crippen molar-refractivity contribution in [2.24, 2.45) is 0 Å². The topological polar surface area (TPSA) is 117 Å². The van der Waals surface area contributed by atoms with E-state index in [1.165, 1.54) is 0 Å². The van der Waals surface area contributed by atoms with Crippen LogP contribution in [0.3, 0.4) is 0 Å². The van der Waals surface area contributed by atoms with E-state index in [2.05, 4.69) is 30.6 Å². The van der Waals surface area contributed by atoms with Gasteiger partial charge < -0.3 is 13.3 Å². The van der Waals surface area contributed by atoms with Crippen LogP contribution in [0.1, 0.15) is 0 Å². The lowest BCUT2D eigenvalue weighted by Crippen LogP contribution is -1.91. The minimum absolute atomic E-state index is 0.248. The summed E-state index contributed by atoms with van der Waals surface area (Å²) in [6, 6.07) is 34.2. The Morgan fingerprint density at radius 2 is 0.641 bits per heavy atom. The van der Waals surface area contributed by atoms with Crippen LogP contribution < -0.4 is 0 Å². The van der Waals surface area contributed by atoms with E-state index in [4.69, 9.17) is 13.3 Å². The Morgan fingerprint density at radius 3 is 1.05 bits per heavy atom. The Hall–Kier alpha value is -5.70. The van der Waals surface area contributed by atoms with Crippen molar-refractivity contribution in [1.29, 1.82) is 0 Å². The van der Waals surface area contributed by atoms with Crippen molar-refractivity contribution in [2.45, 2.75) is 0 Å². The molecule has 3 aromatic heterocycles. The highest BCUT2D eigenvalue weighted by atomic mass is 16.4. The van der Waals surface area contributed by atoms with Gasteiger partial charge in [-0.25, -0.2) is 0 Å². The second-order valence-electron chi connectivity index (χ2n) is 8.56. The Bertz CT molecular complexity index is 1770. The maximum atomic E-state index is 6.16. The number of rotatable bonds is 6. The van der Waals surface area contributed by atoms with Gasteiger partial charge in [-0.2, -0.15) is 0 Å². The zero-order valence-electron chi connectivity index (χ0n) is 20.3. The number of nitrogens with zero attached hydrogens (tertiary/aromatic N) is 6. The minimum Gasteiger partial charge on any atom is -0.416 e. The number of aromatic nitrogens is 6. The first kappa shape index (κ1) is 22.5. The molecule has 0 amide bonds. The van der Waals surface area contributed by atoms with Crippen molar-refractivity contribution in [2.75, 3.05) is 0 Å². The van der Waals surface area contributed by atoms with Gasteiger partial charge in [0.25, 0.3) is 0 Å². The van der Waals surface area contributed by atoms with E-state index in [1.54, 1.807) is 0 Å². The molecular weight excluding hydrogens is 492 g/mol. The molecular formula is C30H18N6O3. The van der Waals surface area contributed by atoms with Crippen molar-refractivity contribution in [3.63, 3.8) is 0 Å². The molecule has 0 unspecified atom stereocenters. The van der Waals surface area contributed by atoms with Crippen LogP contribution in [0.2, 0.25) is 0 Å². The summed E-state index contributed by atoms with van der Waals surface area (Å²) < 4.78 is 18.4. The molecule has 39 heavy (non-hydrogen) atoms. The zero-order valence-corrected chi connectivity index (χ0v) is 20.3. The van der Waals surface area contributed by atoms with Gasteiger partial charge in [0.05, 0.1) is 16.7 Å². The molecule has 186 valence electrons. The maximum Gasteiger partial charge on any atom is 0.249 e. The molecule has 0 atom stereocenters. The monoisotopic (exact) mass is 510 g/mol. The molecule has 3 heterocycles. The lowest BCUT2D eigenvalue weighted by atomic mass is 10.0. The highest BCUT2D eigenvalue weighted by Gasteiger charge is 2.26. The van der Waals surface area contributed by atoms with Gasteiger partial charge in [0.1, 0.15) is 0 Å². The first-order valence-electron chi connectivity index (χ1n) is 12.1. The molecule has 0 N–H and O–H groups in total. The van der Waals surface area contributed by atoms with Crippen molar-refractivity contribution >= 4 is 0 Å². The summed E-state index contributed by atoms with van der Waals surface area (Å²) in [5, 5.41) is 25.8. The third-order valence-electron chi connectivity index (χ3n) is 6.08. The fourth-order valence-corrected chi connectivity index (χ4v) is 4.22.